The first-order valence-electron chi connectivity index (χ1n) is 8.31. The molecule has 2 aliphatic heterocycles. The van der Waals surface area contributed by atoms with Gasteiger partial charge in [0.15, 0.2) is 0 Å². The van der Waals surface area contributed by atoms with Crippen LogP contribution in [0.2, 0.25) is 0 Å². The van der Waals surface area contributed by atoms with Crippen molar-refractivity contribution < 1.29 is 18.7 Å². The summed E-state index contributed by atoms with van der Waals surface area (Å²) in [6.07, 6.45) is 1.41. The van der Waals surface area contributed by atoms with E-state index >= 15 is 0 Å². The summed E-state index contributed by atoms with van der Waals surface area (Å²) in [5, 5.41) is 2.92. The van der Waals surface area contributed by atoms with Gasteiger partial charge in [0.25, 0.3) is 5.91 Å². The van der Waals surface area contributed by atoms with Crippen LogP contribution in [0.4, 0.5) is 9.18 Å². The fourth-order valence-corrected chi connectivity index (χ4v) is 3.07. The SMILES string of the molecule is O=C(NC1CCN(C(=O)N2CCOCC2)CC1)c1cccc(F)c1. The summed E-state index contributed by atoms with van der Waals surface area (Å²) in [4.78, 5) is 28.2. The van der Waals surface area contributed by atoms with Gasteiger partial charge >= 0.3 is 6.03 Å². The lowest BCUT2D eigenvalue weighted by molar-refractivity contribution is 0.0407. The molecule has 6 nitrogen and oxygen atoms in total. The number of nitrogens with zero attached hydrogens (tertiary/aromatic N) is 2. The maximum Gasteiger partial charge on any atom is 0.320 e. The summed E-state index contributed by atoms with van der Waals surface area (Å²) >= 11 is 0. The van der Waals surface area contributed by atoms with E-state index in [9.17, 15) is 14.0 Å². The predicted octanol–water partition coefficient (Wildman–Crippen LogP) is 1.47. The van der Waals surface area contributed by atoms with E-state index in [1.54, 1.807) is 6.07 Å². The molecule has 1 aromatic rings. The van der Waals surface area contributed by atoms with Gasteiger partial charge in [0.05, 0.1) is 13.2 Å². The van der Waals surface area contributed by atoms with E-state index in [1.165, 1.54) is 18.2 Å². The van der Waals surface area contributed by atoms with Crippen LogP contribution in [0.25, 0.3) is 0 Å². The molecule has 0 spiro atoms. The molecule has 2 fully saturated rings. The first kappa shape index (κ1) is 16.7. The van der Waals surface area contributed by atoms with Crippen molar-refractivity contribution in [2.45, 2.75) is 18.9 Å². The van der Waals surface area contributed by atoms with Crippen molar-refractivity contribution >= 4 is 11.9 Å². The Morgan fingerprint density at radius 2 is 1.75 bits per heavy atom. The quantitative estimate of drug-likeness (QED) is 0.890. The van der Waals surface area contributed by atoms with Crippen molar-refractivity contribution in [1.82, 2.24) is 15.1 Å². The molecule has 7 heteroatoms. The van der Waals surface area contributed by atoms with Crippen LogP contribution in [0.3, 0.4) is 0 Å². The molecule has 3 amide bonds. The number of hydrogen-bond donors (Lipinski definition) is 1. The second-order valence-corrected chi connectivity index (χ2v) is 6.13. The first-order chi connectivity index (χ1) is 11.6. The first-order valence-corrected chi connectivity index (χ1v) is 8.31. The molecule has 3 rings (SSSR count). The number of urea groups is 1. The maximum atomic E-state index is 13.2. The molecule has 1 N–H and O–H groups in total. The van der Waals surface area contributed by atoms with Crippen LogP contribution in [-0.2, 0) is 4.74 Å². The van der Waals surface area contributed by atoms with Gasteiger partial charge in [-0.1, -0.05) is 6.07 Å². The summed E-state index contributed by atoms with van der Waals surface area (Å²) in [5.41, 5.74) is 0.321. The number of rotatable bonds is 2. The van der Waals surface area contributed by atoms with E-state index in [0.29, 0.717) is 57.8 Å². The van der Waals surface area contributed by atoms with E-state index in [2.05, 4.69) is 5.32 Å². The lowest BCUT2D eigenvalue weighted by atomic mass is 10.0. The second-order valence-electron chi connectivity index (χ2n) is 6.13. The molecule has 2 heterocycles. The number of morpholine rings is 1. The van der Waals surface area contributed by atoms with Crippen molar-refractivity contribution in [2.75, 3.05) is 39.4 Å². The standard InChI is InChI=1S/C17H22FN3O3/c18-14-3-1-2-13(12-14)16(22)19-15-4-6-20(7-5-15)17(23)21-8-10-24-11-9-21/h1-3,12,15H,4-11H2,(H,19,22). The van der Waals surface area contributed by atoms with Crippen molar-refractivity contribution in [3.05, 3.63) is 35.6 Å². The Bertz CT molecular complexity index is 596. The molecule has 1 aromatic carbocycles. The summed E-state index contributed by atoms with van der Waals surface area (Å²) in [5.74, 6) is -0.693. The number of piperidine rings is 1. The van der Waals surface area contributed by atoms with Gasteiger partial charge in [-0.25, -0.2) is 9.18 Å². The largest absolute Gasteiger partial charge is 0.378 e. The maximum absolute atomic E-state index is 13.2. The Hall–Kier alpha value is -2.15. The van der Waals surface area contributed by atoms with Gasteiger partial charge in [-0.3, -0.25) is 4.79 Å². The molecule has 130 valence electrons. The number of carbonyl (C=O) groups excluding carboxylic acids is 2. The summed E-state index contributed by atoms with van der Waals surface area (Å²) in [6.45, 7) is 3.68. The van der Waals surface area contributed by atoms with Crippen LogP contribution in [0, 0.1) is 5.82 Å². The average molecular weight is 335 g/mol. The highest BCUT2D eigenvalue weighted by atomic mass is 19.1. The van der Waals surface area contributed by atoms with Crippen molar-refractivity contribution in [3.8, 4) is 0 Å². The fourth-order valence-electron chi connectivity index (χ4n) is 3.07. The minimum absolute atomic E-state index is 0.00880. The van der Waals surface area contributed by atoms with E-state index in [-0.39, 0.29) is 18.0 Å². The molecule has 0 unspecified atom stereocenters. The van der Waals surface area contributed by atoms with Gasteiger partial charge in [-0.05, 0) is 31.0 Å². The lowest BCUT2D eigenvalue weighted by Crippen LogP contribution is -2.52. The van der Waals surface area contributed by atoms with Crippen molar-refractivity contribution in [3.63, 3.8) is 0 Å². The third-order valence-electron chi connectivity index (χ3n) is 4.47. The number of hydrogen-bond acceptors (Lipinski definition) is 3. The zero-order valence-corrected chi connectivity index (χ0v) is 13.5. The highest BCUT2D eigenvalue weighted by molar-refractivity contribution is 5.94. The number of benzene rings is 1. The van der Waals surface area contributed by atoms with E-state index in [0.717, 1.165) is 0 Å². The number of likely N-dealkylation sites (tertiary alicyclic amines) is 1. The molecule has 0 atom stereocenters. The van der Waals surface area contributed by atoms with Gasteiger partial charge in [0.2, 0.25) is 0 Å². The number of amides is 3. The number of halogens is 1. The van der Waals surface area contributed by atoms with Crippen LogP contribution in [0.5, 0.6) is 0 Å². The normalized spacial score (nSPS) is 19.2. The van der Waals surface area contributed by atoms with Crippen LogP contribution in [0.1, 0.15) is 23.2 Å². The van der Waals surface area contributed by atoms with Crippen molar-refractivity contribution in [2.24, 2.45) is 0 Å². The molecule has 0 aromatic heterocycles. The summed E-state index contributed by atoms with van der Waals surface area (Å²) in [6, 6.07) is 5.71. The lowest BCUT2D eigenvalue weighted by Gasteiger charge is -2.37. The van der Waals surface area contributed by atoms with Crippen LogP contribution >= 0.6 is 0 Å². The minimum atomic E-state index is -0.423. The zero-order valence-electron chi connectivity index (χ0n) is 13.5. The van der Waals surface area contributed by atoms with E-state index < -0.39 is 5.82 Å². The molecule has 2 saturated heterocycles. The molecule has 0 aliphatic carbocycles. The fraction of sp³-hybridized carbons (Fsp3) is 0.529. The third kappa shape index (κ3) is 4.03. The summed E-state index contributed by atoms with van der Waals surface area (Å²) in [7, 11) is 0. The number of nitrogens with one attached hydrogen (secondary N) is 1. The smallest absolute Gasteiger partial charge is 0.320 e. The van der Waals surface area contributed by atoms with Crippen LogP contribution in [-0.4, -0.2) is 67.2 Å². The Balaban J connectivity index is 1.48. The molecule has 0 bridgehead atoms. The number of ether oxygens (including phenoxy) is 1. The molecule has 0 saturated carbocycles. The highest BCUT2D eigenvalue weighted by Crippen LogP contribution is 2.14. The van der Waals surface area contributed by atoms with Crippen LogP contribution in [0.15, 0.2) is 24.3 Å². The van der Waals surface area contributed by atoms with Crippen molar-refractivity contribution in [1.29, 1.82) is 0 Å². The van der Waals surface area contributed by atoms with Gasteiger partial charge in [0, 0.05) is 37.8 Å². The predicted molar refractivity (Wildman–Crippen MR) is 86.2 cm³/mol. The Morgan fingerprint density at radius 1 is 1.08 bits per heavy atom. The Labute approximate surface area is 140 Å². The number of carbonyl (C=O) groups is 2. The molecular formula is C17H22FN3O3. The van der Waals surface area contributed by atoms with E-state index in [4.69, 9.17) is 4.74 Å². The van der Waals surface area contributed by atoms with Gasteiger partial charge in [0.1, 0.15) is 5.82 Å². The Morgan fingerprint density at radius 3 is 2.42 bits per heavy atom. The van der Waals surface area contributed by atoms with Gasteiger partial charge in [-0.15, -0.1) is 0 Å². The Kier molecular flexibility index (Phi) is 5.30. The minimum Gasteiger partial charge on any atom is -0.378 e. The zero-order chi connectivity index (χ0) is 16.9. The van der Waals surface area contributed by atoms with Crippen LogP contribution < -0.4 is 5.32 Å². The topological polar surface area (TPSA) is 61.9 Å². The van der Waals surface area contributed by atoms with Gasteiger partial charge < -0.3 is 19.9 Å². The molecule has 2 aliphatic rings. The molecule has 24 heavy (non-hydrogen) atoms. The van der Waals surface area contributed by atoms with E-state index in [1.807, 2.05) is 9.80 Å². The molecule has 0 radical (unpaired) electrons. The molecular weight excluding hydrogens is 313 g/mol. The second kappa shape index (κ2) is 7.61. The monoisotopic (exact) mass is 335 g/mol. The average Bonchev–Trinajstić information content (AvgIpc) is 2.62. The van der Waals surface area contributed by atoms with Gasteiger partial charge in [-0.2, -0.15) is 0 Å². The third-order valence-corrected chi connectivity index (χ3v) is 4.47. The highest BCUT2D eigenvalue weighted by Gasteiger charge is 2.28. The summed E-state index contributed by atoms with van der Waals surface area (Å²) < 4.78 is 18.4.